The summed E-state index contributed by atoms with van der Waals surface area (Å²) in [5.74, 6) is 0.613. The van der Waals surface area contributed by atoms with Crippen LogP contribution in [0.15, 0.2) is 24.3 Å². The van der Waals surface area contributed by atoms with Gasteiger partial charge in [-0.1, -0.05) is 38.0 Å². The minimum atomic E-state index is -0.133. The molecule has 1 saturated carbocycles. The first kappa shape index (κ1) is 18.3. The molecule has 4 nitrogen and oxygen atoms in total. The van der Waals surface area contributed by atoms with E-state index in [9.17, 15) is 9.18 Å². The molecule has 138 valence electrons. The van der Waals surface area contributed by atoms with E-state index in [2.05, 4.69) is 22.0 Å². The number of nitrogens with zero attached hydrogens (tertiary/aromatic N) is 2. The highest BCUT2D eigenvalue weighted by Gasteiger charge is 2.24. The van der Waals surface area contributed by atoms with Crippen molar-refractivity contribution < 1.29 is 9.18 Å². The van der Waals surface area contributed by atoms with Crippen LogP contribution < -0.4 is 5.32 Å². The van der Waals surface area contributed by atoms with Crippen LogP contribution >= 0.6 is 0 Å². The van der Waals surface area contributed by atoms with Crippen LogP contribution in [-0.2, 0) is 11.3 Å². The molecule has 0 radical (unpaired) electrons. The molecular formula is C20H30FN3O. The fraction of sp³-hybridized carbons (Fsp3) is 0.650. The van der Waals surface area contributed by atoms with Gasteiger partial charge in [0.15, 0.2) is 0 Å². The number of carbonyl (C=O) groups excluding carboxylic acids is 1. The summed E-state index contributed by atoms with van der Waals surface area (Å²) in [6, 6.07) is 7.32. The maximum absolute atomic E-state index is 13.8. The minimum absolute atomic E-state index is 0.133. The van der Waals surface area contributed by atoms with Gasteiger partial charge in [0.05, 0.1) is 6.54 Å². The van der Waals surface area contributed by atoms with Crippen molar-refractivity contribution in [2.75, 3.05) is 32.7 Å². The molecule has 2 atom stereocenters. The van der Waals surface area contributed by atoms with E-state index in [0.717, 1.165) is 38.2 Å². The second kappa shape index (κ2) is 8.77. The smallest absolute Gasteiger partial charge is 0.234 e. The minimum Gasteiger partial charge on any atom is -0.352 e. The van der Waals surface area contributed by atoms with Gasteiger partial charge in [-0.3, -0.25) is 14.6 Å². The van der Waals surface area contributed by atoms with Gasteiger partial charge >= 0.3 is 0 Å². The SMILES string of the molecule is C[C@H]1CCCC[C@@H]1NC(=O)CN1CCN(Cc2ccccc2F)CC1. The summed E-state index contributed by atoms with van der Waals surface area (Å²) in [6.45, 7) is 6.85. The summed E-state index contributed by atoms with van der Waals surface area (Å²) >= 11 is 0. The number of hydrogen-bond acceptors (Lipinski definition) is 3. The van der Waals surface area contributed by atoms with Crippen LogP contribution in [0.1, 0.15) is 38.2 Å². The molecule has 25 heavy (non-hydrogen) atoms. The normalized spacial score (nSPS) is 25.7. The van der Waals surface area contributed by atoms with Crippen molar-refractivity contribution in [3.05, 3.63) is 35.6 Å². The van der Waals surface area contributed by atoms with Crippen molar-refractivity contribution in [1.29, 1.82) is 0 Å². The number of amides is 1. The Balaban J connectivity index is 1.40. The van der Waals surface area contributed by atoms with E-state index >= 15 is 0 Å². The van der Waals surface area contributed by atoms with E-state index < -0.39 is 0 Å². The van der Waals surface area contributed by atoms with Crippen LogP contribution in [-0.4, -0.2) is 54.5 Å². The lowest BCUT2D eigenvalue weighted by Gasteiger charge is -2.35. The van der Waals surface area contributed by atoms with Gasteiger partial charge in [0.25, 0.3) is 0 Å². The Labute approximate surface area is 150 Å². The fourth-order valence-corrected chi connectivity index (χ4v) is 3.96. The molecule has 1 saturated heterocycles. The van der Waals surface area contributed by atoms with Gasteiger partial charge in [-0.05, 0) is 24.8 Å². The number of carbonyl (C=O) groups is 1. The summed E-state index contributed by atoms with van der Waals surface area (Å²) in [6.07, 6.45) is 4.85. The average molecular weight is 347 g/mol. The molecule has 5 heteroatoms. The van der Waals surface area contributed by atoms with E-state index in [1.54, 1.807) is 6.07 Å². The lowest BCUT2D eigenvalue weighted by atomic mass is 9.86. The molecule has 1 aromatic rings. The Morgan fingerprint density at radius 3 is 2.52 bits per heavy atom. The summed E-state index contributed by atoms with van der Waals surface area (Å²) in [5, 5.41) is 3.23. The Morgan fingerprint density at radius 1 is 1.12 bits per heavy atom. The number of nitrogens with one attached hydrogen (secondary N) is 1. The van der Waals surface area contributed by atoms with Crippen molar-refractivity contribution in [3.63, 3.8) is 0 Å². The largest absolute Gasteiger partial charge is 0.352 e. The molecule has 0 unspecified atom stereocenters. The summed E-state index contributed by atoms with van der Waals surface area (Å²) in [5.41, 5.74) is 0.750. The average Bonchev–Trinajstić information content (AvgIpc) is 2.61. The Hall–Kier alpha value is -1.46. The van der Waals surface area contributed by atoms with E-state index in [4.69, 9.17) is 0 Å². The lowest BCUT2D eigenvalue weighted by Crippen LogP contribution is -2.51. The highest BCUT2D eigenvalue weighted by Crippen LogP contribution is 2.23. The first-order chi connectivity index (χ1) is 12.1. The van der Waals surface area contributed by atoms with Gasteiger partial charge in [0.2, 0.25) is 5.91 Å². The second-order valence-corrected chi connectivity index (χ2v) is 7.58. The molecule has 2 aliphatic rings. The van der Waals surface area contributed by atoms with Crippen LogP contribution in [0, 0.1) is 11.7 Å². The molecule has 1 amide bonds. The summed E-state index contributed by atoms with van der Waals surface area (Å²) < 4.78 is 13.8. The number of piperazine rings is 1. The van der Waals surface area contributed by atoms with E-state index in [0.29, 0.717) is 25.0 Å². The van der Waals surface area contributed by atoms with Gasteiger partial charge in [-0.25, -0.2) is 4.39 Å². The van der Waals surface area contributed by atoms with Gasteiger partial charge < -0.3 is 5.32 Å². The van der Waals surface area contributed by atoms with Crippen LogP contribution in [0.3, 0.4) is 0 Å². The Bertz CT molecular complexity index is 572. The molecule has 0 aromatic heterocycles. The number of benzene rings is 1. The fourth-order valence-electron chi connectivity index (χ4n) is 3.96. The van der Waals surface area contributed by atoms with Crippen LogP contribution in [0.4, 0.5) is 4.39 Å². The third-order valence-corrected chi connectivity index (χ3v) is 5.64. The molecular weight excluding hydrogens is 317 g/mol. The number of halogens is 1. The maximum atomic E-state index is 13.8. The van der Waals surface area contributed by atoms with Crippen molar-refractivity contribution in [2.24, 2.45) is 5.92 Å². The summed E-state index contributed by atoms with van der Waals surface area (Å²) in [7, 11) is 0. The quantitative estimate of drug-likeness (QED) is 0.889. The van der Waals surface area contributed by atoms with E-state index in [1.807, 2.05) is 12.1 Å². The van der Waals surface area contributed by atoms with Crippen molar-refractivity contribution >= 4 is 5.91 Å². The van der Waals surface area contributed by atoms with Crippen LogP contribution in [0.25, 0.3) is 0 Å². The Morgan fingerprint density at radius 2 is 1.80 bits per heavy atom. The zero-order valence-electron chi connectivity index (χ0n) is 15.2. The molecule has 2 fully saturated rings. The highest BCUT2D eigenvalue weighted by molar-refractivity contribution is 5.78. The predicted molar refractivity (Wildman–Crippen MR) is 97.7 cm³/mol. The molecule has 1 aliphatic heterocycles. The van der Waals surface area contributed by atoms with Crippen molar-refractivity contribution in [1.82, 2.24) is 15.1 Å². The van der Waals surface area contributed by atoms with Crippen LogP contribution in [0.2, 0.25) is 0 Å². The van der Waals surface area contributed by atoms with E-state index in [-0.39, 0.29) is 11.7 Å². The molecule has 0 spiro atoms. The third-order valence-electron chi connectivity index (χ3n) is 5.64. The Kier molecular flexibility index (Phi) is 6.43. The van der Waals surface area contributed by atoms with E-state index in [1.165, 1.54) is 25.3 Å². The lowest BCUT2D eigenvalue weighted by molar-refractivity contribution is -0.124. The van der Waals surface area contributed by atoms with Gasteiger partial charge in [-0.2, -0.15) is 0 Å². The molecule has 1 aliphatic carbocycles. The molecule has 1 aromatic carbocycles. The van der Waals surface area contributed by atoms with Gasteiger partial charge in [0, 0.05) is 44.3 Å². The molecule has 0 bridgehead atoms. The monoisotopic (exact) mass is 347 g/mol. The molecule has 1 heterocycles. The third kappa shape index (κ3) is 5.25. The number of rotatable bonds is 5. The zero-order chi connectivity index (χ0) is 17.6. The van der Waals surface area contributed by atoms with Gasteiger partial charge in [0.1, 0.15) is 5.82 Å². The maximum Gasteiger partial charge on any atom is 0.234 e. The topological polar surface area (TPSA) is 35.6 Å². The van der Waals surface area contributed by atoms with Crippen molar-refractivity contribution in [3.8, 4) is 0 Å². The first-order valence-corrected chi connectivity index (χ1v) is 9.59. The number of hydrogen-bond donors (Lipinski definition) is 1. The predicted octanol–water partition coefficient (Wildman–Crippen LogP) is 2.64. The second-order valence-electron chi connectivity index (χ2n) is 7.58. The summed E-state index contributed by atoms with van der Waals surface area (Å²) in [4.78, 5) is 16.8. The standard InChI is InChI=1S/C20H30FN3O/c1-16-6-2-5-9-19(16)22-20(25)15-24-12-10-23(11-13-24)14-17-7-3-4-8-18(17)21/h3-4,7-8,16,19H,2,5-6,9-15H2,1H3,(H,22,25)/t16-,19-/m0/s1. The molecule has 3 rings (SSSR count). The van der Waals surface area contributed by atoms with Gasteiger partial charge in [-0.15, -0.1) is 0 Å². The van der Waals surface area contributed by atoms with Crippen molar-refractivity contribution in [2.45, 2.75) is 45.2 Å². The van der Waals surface area contributed by atoms with Crippen LogP contribution in [0.5, 0.6) is 0 Å². The highest BCUT2D eigenvalue weighted by atomic mass is 19.1. The molecule has 1 N–H and O–H groups in total. The first-order valence-electron chi connectivity index (χ1n) is 9.59. The zero-order valence-corrected chi connectivity index (χ0v) is 15.2.